The fourth-order valence-electron chi connectivity index (χ4n) is 3.71. The van der Waals surface area contributed by atoms with E-state index in [4.69, 9.17) is 11.6 Å². The van der Waals surface area contributed by atoms with Gasteiger partial charge in [-0.25, -0.2) is 0 Å². The summed E-state index contributed by atoms with van der Waals surface area (Å²) in [6, 6.07) is 16.0. The summed E-state index contributed by atoms with van der Waals surface area (Å²) in [6.07, 6.45) is 0. The van der Waals surface area contributed by atoms with E-state index in [0.29, 0.717) is 0 Å². The molecule has 0 aliphatic carbocycles. The molecule has 1 saturated heterocycles. The minimum Gasteiger partial charge on any atom is -0.358 e. The third-order valence-electron chi connectivity index (χ3n) is 5.06. The molecule has 5 heteroatoms. The van der Waals surface area contributed by atoms with Crippen molar-refractivity contribution < 1.29 is 4.79 Å². The molecule has 4 rings (SSSR count). The van der Waals surface area contributed by atoms with E-state index in [1.807, 2.05) is 54.3 Å². The highest BCUT2D eigenvalue weighted by Crippen LogP contribution is 2.24. The molecule has 1 aliphatic rings. The van der Waals surface area contributed by atoms with E-state index in [-0.39, 0.29) is 5.91 Å². The molecule has 0 saturated carbocycles. The third kappa shape index (κ3) is 3.35. The molecule has 4 nitrogen and oxygen atoms in total. The summed E-state index contributed by atoms with van der Waals surface area (Å²) in [4.78, 5) is 20.7. The summed E-state index contributed by atoms with van der Waals surface area (Å²) in [5, 5.41) is 1.78. The van der Waals surface area contributed by atoms with Gasteiger partial charge in [0.25, 0.3) is 5.91 Å². The maximum atomic E-state index is 13.1. The smallest absolute Gasteiger partial charge is 0.256 e. The summed E-state index contributed by atoms with van der Waals surface area (Å²) in [5.41, 5.74) is 3.99. The molecule has 134 valence electrons. The molecule has 0 radical (unpaired) electrons. The number of nitrogens with one attached hydrogen (secondary N) is 1. The van der Waals surface area contributed by atoms with Crippen LogP contribution in [-0.2, 0) is 6.54 Å². The Morgan fingerprint density at radius 1 is 1.08 bits per heavy atom. The molecule has 1 fully saturated rings. The molecule has 1 aliphatic heterocycles. The van der Waals surface area contributed by atoms with Gasteiger partial charge in [0.05, 0.1) is 5.56 Å². The molecule has 1 amide bonds. The number of amides is 1. The Kier molecular flexibility index (Phi) is 4.70. The maximum absolute atomic E-state index is 13.1. The SMILES string of the molecule is Cc1[nH]c2ccccc2c1C(=O)N1CCN(Cc2cccc(Cl)c2)CC1. The van der Waals surface area contributed by atoms with Crippen LogP contribution in [0.25, 0.3) is 10.9 Å². The number of hydrogen-bond acceptors (Lipinski definition) is 2. The molecule has 2 heterocycles. The highest BCUT2D eigenvalue weighted by Gasteiger charge is 2.25. The van der Waals surface area contributed by atoms with Crippen LogP contribution in [0.2, 0.25) is 5.02 Å². The lowest BCUT2D eigenvalue weighted by Gasteiger charge is -2.35. The molecule has 2 aromatic carbocycles. The van der Waals surface area contributed by atoms with Gasteiger partial charge in [-0.15, -0.1) is 0 Å². The Hall–Kier alpha value is -2.30. The van der Waals surface area contributed by atoms with Crippen LogP contribution in [0.4, 0.5) is 0 Å². The van der Waals surface area contributed by atoms with Gasteiger partial charge in [-0.05, 0) is 30.7 Å². The number of piperazine rings is 1. The largest absolute Gasteiger partial charge is 0.358 e. The van der Waals surface area contributed by atoms with Gasteiger partial charge in [0, 0.05) is 54.3 Å². The van der Waals surface area contributed by atoms with Crippen molar-refractivity contribution >= 4 is 28.4 Å². The predicted molar refractivity (Wildman–Crippen MR) is 106 cm³/mol. The van der Waals surface area contributed by atoms with Crippen LogP contribution < -0.4 is 0 Å². The lowest BCUT2D eigenvalue weighted by molar-refractivity contribution is 0.0630. The number of rotatable bonds is 3. The summed E-state index contributed by atoms with van der Waals surface area (Å²) >= 11 is 6.07. The van der Waals surface area contributed by atoms with Crippen molar-refractivity contribution in [3.8, 4) is 0 Å². The Balaban J connectivity index is 1.44. The zero-order valence-corrected chi connectivity index (χ0v) is 15.6. The second-order valence-electron chi connectivity index (χ2n) is 6.87. The third-order valence-corrected chi connectivity index (χ3v) is 5.30. The number of carbonyl (C=O) groups is 1. The van der Waals surface area contributed by atoms with E-state index >= 15 is 0 Å². The van der Waals surface area contributed by atoms with Crippen molar-refractivity contribution in [1.82, 2.24) is 14.8 Å². The fourth-order valence-corrected chi connectivity index (χ4v) is 3.93. The van der Waals surface area contributed by atoms with Gasteiger partial charge in [-0.2, -0.15) is 0 Å². The van der Waals surface area contributed by atoms with Gasteiger partial charge in [-0.3, -0.25) is 9.69 Å². The second kappa shape index (κ2) is 7.14. The van der Waals surface area contributed by atoms with Gasteiger partial charge in [0.1, 0.15) is 0 Å². The number of nitrogens with zero attached hydrogens (tertiary/aromatic N) is 2. The van der Waals surface area contributed by atoms with Crippen LogP contribution in [-0.4, -0.2) is 46.9 Å². The van der Waals surface area contributed by atoms with Gasteiger partial charge in [-0.1, -0.05) is 41.9 Å². The Bertz CT molecular complexity index is 941. The van der Waals surface area contributed by atoms with E-state index in [1.54, 1.807) is 0 Å². The number of aromatic amines is 1. The highest BCUT2D eigenvalue weighted by atomic mass is 35.5. The number of hydrogen-bond donors (Lipinski definition) is 1. The van der Waals surface area contributed by atoms with E-state index in [1.165, 1.54) is 5.56 Å². The zero-order chi connectivity index (χ0) is 18.1. The van der Waals surface area contributed by atoms with Gasteiger partial charge < -0.3 is 9.88 Å². The molecule has 0 atom stereocenters. The van der Waals surface area contributed by atoms with Crippen LogP contribution in [0.5, 0.6) is 0 Å². The summed E-state index contributed by atoms with van der Waals surface area (Å²) in [5.74, 6) is 0.127. The first kappa shape index (κ1) is 17.1. The highest BCUT2D eigenvalue weighted by molar-refractivity contribution is 6.30. The van der Waals surface area contributed by atoms with Crippen molar-refractivity contribution in [2.45, 2.75) is 13.5 Å². The summed E-state index contributed by atoms with van der Waals surface area (Å²) in [6.45, 7) is 6.09. The summed E-state index contributed by atoms with van der Waals surface area (Å²) < 4.78 is 0. The van der Waals surface area contributed by atoms with Gasteiger partial charge in [0.2, 0.25) is 0 Å². The first-order chi connectivity index (χ1) is 12.6. The Morgan fingerprint density at radius 3 is 2.62 bits per heavy atom. The number of H-pyrrole nitrogens is 1. The lowest BCUT2D eigenvalue weighted by atomic mass is 10.1. The predicted octanol–water partition coefficient (Wildman–Crippen LogP) is 4.09. The Labute approximate surface area is 158 Å². The number of fused-ring (bicyclic) bond motifs is 1. The average Bonchev–Trinajstić information content (AvgIpc) is 2.97. The van der Waals surface area contributed by atoms with Crippen LogP contribution >= 0.6 is 11.6 Å². The number of aryl methyl sites for hydroxylation is 1. The van der Waals surface area contributed by atoms with Crippen LogP contribution in [0.1, 0.15) is 21.6 Å². The summed E-state index contributed by atoms with van der Waals surface area (Å²) in [7, 11) is 0. The second-order valence-corrected chi connectivity index (χ2v) is 7.31. The minimum absolute atomic E-state index is 0.127. The quantitative estimate of drug-likeness (QED) is 0.757. The number of halogens is 1. The first-order valence-corrected chi connectivity index (χ1v) is 9.33. The average molecular weight is 368 g/mol. The van der Waals surface area contributed by atoms with Crippen molar-refractivity contribution in [2.24, 2.45) is 0 Å². The van der Waals surface area contributed by atoms with Crippen LogP contribution in [0, 0.1) is 6.92 Å². The van der Waals surface area contributed by atoms with E-state index in [2.05, 4.69) is 16.0 Å². The monoisotopic (exact) mass is 367 g/mol. The van der Waals surface area contributed by atoms with Crippen LogP contribution in [0.15, 0.2) is 48.5 Å². The number of carbonyl (C=O) groups excluding carboxylic acids is 1. The lowest BCUT2D eigenvalue weighted by Crippen LogP contribution is -2.48. The number of para-hydroxylation sites is 1. The van der Waals surface area contributed by atoms with Crippen LogP contribution in [0.3, 0.4) is 0 Å². The van der Waals surface area contributed by atoms with E-state index in [9.17, 15) is 4.79 Å². The van der Waals surface area contributed by atoms with Crippen molar-refractivity contribution in [3.05, 3.63) is 70.4 Å². The molecule has 0 spiro atoms. The zero-order valence-electron chi connectivity index (χ0n) is 14.8. The maximum Gasteiger partial charge on any atom is 0.256 e. The van der Waals surface area contributed by atoms with Crippen molar-refractivity contribution in [3.63, 3.8) is 0 Å². The Morgan fingerprint density at radius 2 is 1.85 bits per heavy atom. The van der Waals surface area contributed by atoms with Gasteiger partial charge in [0.15, 0.2) is 0 Å². The first-order valence-electron chi connectivity index (χ1n) is 8.95. The fraction of sp³-hybridized carbons (Fsp3) is 0.286. The van der Waals surface area contributed by atoms with Gasteiger partial charge >= 0.3 is 0 Å². The number of benzene rings is 2. The molecular weight excluding hydrogens is 346 g/mol. The van der Waals surface area contributed by atoms with Crippen molar-refractivity contribution in [1.29, 1.82) is 0 Å². The van der Waals surface area contributed by atoms with Crippen molar-refractivity contribution in [2.75, 3.05) is 26.2 Å². The molecule has 26 heavy (non-hydrogen) atoms. The number of aromatic nitrogens is 1. The molecule has 0 bridgehead atoms. The standard InChI is InChI=1S/C21H22ClN3O/c1-15-20(18-7-2-3-8-19(18)23-15)21(26)25-11-9-24(10-12-25)14-16-5-4-6-17(22)13-16/h2-8,13,23H,9-12,14H2,1H3. The minimum atomic E-state index is 0.127. The molecule has 3 aromatic rings. The topological polar surface area (TPSA) is 39.3 Å². The molecule has 1 aromatic heterocycles. The van der Waals surface area contributed by atoms with E-state index in [0.717, 1.165) is 59.9 Å². The normalized spacial score (nSPS) is 15.5. The molecular formula is C21H22ClN3O. The van der Waals surface area contributed by atoms with E-state index < -0.39 is 0 Å². The molecule has 0 unspecified atom stereocenters. The molecule has 1 N–H and O–H groups in total.